The van der Waals surface area contributed by atoms with Crippen LogP contribution in [0.2, 0.25) is 0 Å². The van der Waals surface area contributed by atoms with Gasteiger partial charge < -0.3 is 10.3 Å². The first-order valence-electron chi connectivity index (χ1n) is 6.36. The second-order valence-corrected chi connectivity index (χ2v) is 5.52. The molecule has 0 saturated carbocycles. The van der Waals surface area contributed by atoms with Crippen molar-refractivity contribution in [2.24, 2.45) is 0 Å². The van der Waals surface area contributed by atoms with E-state index in [0.717, 1.165) is 16.5 Å². The molecule has 0 aliphatic heterocycles. The van der Waals surface area contributed by atoms with E-state index >= 15 is 0 Å². The summed E-state index contributed by atoms with van der Waals surface area (Å²) in [6.07, 6.45) is 2.38. The second-order valence-electron chi connectivity index (χ2n) is 4.61. The van der Waals surface area contributed by atoms with Crippen molar-refractivity contribution in [1.82, 2.24) is 9.13 Å². The van der Waals surface area contributed by atoms with Crippen LogP contribution in [0.4, 0.5) is 5.69 Å². The first-order chi connectivity index (χ1) is 9.51. The fourth-order valence-corrected chi connectivity index (χ4v) is 2.62. The smallest absolute Gasteiger partial charge is 0.331 e. The van der Waals surface area contributed by atoms with E-state index < -0.39 is 0 Å². The SMILES string of the molecule is CCCn1ccc(=O)n(Cc2cc(N)cc(Br)c2)c1=O. The number of nitrogen functional groups attached to an aromatic ring is 1. The van der Waals surface area contributed by atoms with Gasteiger partial charge in [-0.3, -0.25) is 9.36 Å². The number of aromatic nitrogens is 2. The summed E-state index contributed by atoms with van der Waals surface area (Å²) < 4.78 is 3.59. The molecule has 2 rings (SSSR count). The third kappa shape index (κ3) is 3.19. The first-order valence-corrected chi connectivity index (χ1v) is 7.16. The van der Waals surface area contributed by atoms with Gasteiger partial charge in [0.2, 0.25) is 0 Å². The van der Waals surface area contributed by atoms with E-state index in [1.165, 1.54) is 10.6 Å². The molecule has 2 aromatic rings. The Balaban J connectivity index is 2.45. The molecule has 0 amide bonds. The highest BCUT2D eigenvalue weighted by Gasteiger charge is 2.06. The van der Waals surface area contributed by atoms with Crippen molar-refractivity contribution in [3.63, 3.8) is 0 Å². The third-order valence-electron chi connectivity index (χ3n) is 2.92. The largest absolute Gasteiger partial charge is 0.399 e. The van der Waals surface area contributed by atoms with Crippen LogP contribution in [-0.4, -0.2) is 9.13 Å². The number of nitrogens with two attached hydrogens (primary N) is 1. The second kappa shape index (κ2) is 6.09. The zero-order chi connectivity index (χ0) is 14.7. The van der Waals surface area contributed by atoms with E-state index in [1.807, 2.05) is 13.0 Å². The number of halogens is 1. The van der Waals surface area contributed by atoms with Gasteiger partial charge in [0.1, 0.15) is 0 Å². The molecule has 0 aliphatic carbocycles. The highest BCUT2D eigenvalue weighted by atomic mass is 79.9. The Morgan fingerprint density at radius 2 is 2.00 bits per heavy atom. The topological polar surface area (TPSA) is 70.0 Å². The number of benzene rings is 1. The quantitative estimate of drug-likeness (QED) is 0.865. The van der Waals surface area contributed by atoms with Crippen molar-refractivity contribution in [3.8, 4) is 0 Å². The van der Waals surface area contributed by atoms with Gasteiger partial charge in [-0.15, -0.1) is 0 Å². The van der Waals surface area contributed by atoms with E-state index in [4.69, 9.17) is 5.73 Å². The van der Waals surface area contributed by atoms with Crippen LogP contribution in [0, 0.1) is 0 Å². The standard InChI is InChI=1S/C14H16BrN3O2/c1-2-4-17-5-3-13(19)18(14(17)20)9-10-6-11(15)8-12(16)7-10/h3,5-8H,2,4,9,16H2,1H3. The lowest BCUT2D eigenvalue weighted by Crippen LogP contribution is -2.39. The summed E-state index contributed by atoms with van der Waals surface area (Å²) in [5.41, 5.74) is 6.57. The molecule has 0 unspecified atom stereocenters. The molecule has 0 aliphatic rings. The molecular weight excluding hydrogens is 322 g/mol. The number of aryl methyl sites for hydroxylation is 1. The summed E-state index contributed by atoms with van der Waals surface area (Å²) in [7, 11) is 0. The van der Waals surface area contributed by atoms with Crippen LogP contribution in [0.3, 0.4) is 0 Å². The molecule has 0 bridgehead atoms. The van der Waals surface area contributed by atoms with Gasteiger partial charge in [-0.05, 0) is 30.2 Å². The van der Waals surface area contributed by atoms with Gasteiger partial charge in [0.05, 0.1) is 6.54 Å². The van der Waals surface area contributed by atoms with Crippen LogP contribution < -0.4 is 17.0 Å². The van der Waals surface area contributed by atoms with Crippen molar-refractivity contribution in [2.75, 3.05) is 5.73 Å². The van der Waals surface area contributed by atoms with Crippen molar-refractivity contribution in [3.05, 3.63) is 61.3 Å². The van der Waals surface area contributed by atoms with E-state index in [0.29, 0.717) is 12.2 Å². The summed E-state index contributed by atoms with van der Waals surface area (Å²) in [5.74, 6) is 0. The molecule has 20 heavy (non-hydrogen) atoms. The molecule has 0 spiro atoms. The number of hydrogen-bond donors (Lipinski definition) is 1. The first kappa shape index (κ1) is 14.6. The number of hydrogen-bond acceptors (Lipinski definition) is 3. The van der Waals surface area contributed by atoms with Crippen LogP contribution in [-0.2, 0) is 13.1 Å². The number of rotatable bonds is 4. The maximum absolute atomic E-state index is 12.2. The molecule has 5 nitrogen and oxygen atoms in total. The molecule has 1 heterocycles. The van der Waals surface area contributed by atoms with E-state index in [2.05, 4.69) is 15.9 Å². The van der Waals surface area contributed by atoms with Crippen molar-refractivity contribution in [2.45, 2.75) is 26.4 Å². The Morgan fingerprint density at radius 3 is 2.65 bits per heavy atom. The zero-order valence-corrected chi connectivity index (χ0v) is 12.8. The lowest BCUT2D eigenvalue weighted by atomic mass is 10.2. The van der Waals surface area contributed by atoms with Gasteiger partial charge in [-0.2, -0.15) is 0 Å². The Bertz CT molecular complexity index is 714. The molecular formula is C14H16BrN3O2. The summed E-state index contributed by atoms with van der Waals surface area (Å²) >= 11 is 3.35. The average molecular weight is 338 g/mol. The van der Waals surface area contributed by atoms with E-state index in [-0.39, 0.29) is 17.8 Å². The molecule has 6 heteroatoms. The molecule has 1 aromatic carbocycles. The van der Waals surface area contributed by atoms with Crippen LogP contribution in [0.5, 0.6) is 0 Å². The van der Waals surface area contributed by atoms with Gasteiger partial charge in [-0.1, -0.05) is 22.9 Å². The number of anilines is 1. The van der Waals surface area contributed by atoms with Gasteiger partial charge in [-0.25, -0.2) is 4.79 Å². The molecule has 0 saturated heterocycles. The fourth-order valence-electron chi connectivity index (χ4n) is 2.06. The Hall–Kier alpha value is -1.82. The van der Waals surface area contributed by atoms with E-state index in [1.54, 1.807) is 22.9 Å². The van der Waals surface area contributed by atoms with Gasteiger partial charge in [0.25, 0.3) is 5.56 Å². The van der Waals surface area contributed by atoms with Crippen molar-refractivity contribution in [1.29, 1.82) is 0 Å². The third-order valence-corrected chi connectivity index (χ3v) is 3.38. The zero-order valence-electron chi connectivity index (χ0n) is 11.2. The predicted octanol–water partition coefficient (Wildman–Crippen LogP) is 1.81. The fraction of sp³-hybridized carbons (Fsp3) is 0.286. The lowest BCUT2D eigenvalue weighted by molar-refractivity contribution is 0.570. The summed E-state index contributed by atoms with van der Waals surface area (Å²) in [4.78, 5) is 24.1. The lowest BCUT2D eigenvalue weighted by Gasteiger charge is -2.10. The summed E-state index contributed by atoms with van der Waals surface area (Å²) in [5, 5.41) is 0. The minimum absolute atomic E-state index is 0.214. The van der Waals surface area contributed by atoms with Crippen molar-refractivity contribution >= 4 is 21.6 Å². The summed E-state index contributed by atoms with van der Waals surface area (Å²) in [6, 6.07) is 6.79. The Labute approximate surface area is 124 Å². The van der Waals surface area contributed by atoms with Gasteiger partial charge >= 0.3 is 5.69 Å². The van der Waals surface area contributed by atoms with Crippen LogP contribution in [0.25, 0.3) is 0 Å². The predicted molar refractivity (Wildman–Crippen MR) is 82.9 cm³/mol. The maximum Gasteiger partial charge on any atom is 0.331 e. The highest BCUT2D eigenvalue weighted by molar-refractivity contribution is 9.10. The normalized spacial score (nSPS) is 10.7. The van der Waals surface area contributed by atoms with Crippen LogP contribution in [0.15, 0.2) is 44.5 Å². The Kier molecular flexibility index (Phi) is 4.44. The molecule has 2 N–H and O–H groups in total. The summed E-state index contributed by atoms with van der Waals surface area (Å²) in [6.45, 7) is 2.79. The van der Waals surface area contributed by atoms with E-state index in [9.17, 15) is 9.59 Å². The van der Waals surface area contributed by atoms with Crippen LogP contribution in [0.1, 0.15) is 18.9 Å². The average Bonchev–Trinajstić information content (AvgIpc) is 2.37. The molecule has 0 fully saturated rings. The van der Waals surface area contributed by atoms with Crippen LogP contribution >= 0.6 is 15.9 Å². The van der Waals surface area contributed by atoms with Gasteiger partial charge in [0, 0.05) is 29.0 Å². The highest BCUT2D eigenvalue weighted by Crippen LogP contribution is 2.17. The van der Waals surface area contributed by atoms with Crippen molar-refractivity contribution < 1.29 is 0 Å². The maximum atomic E-state index is 12.2. The molecule has 0 atom stereocenters. The monoisotopic (exact) mass is 337 g/mol. The minimum atomic E-state index is -0.305. The molecule has 0 radical (unpaired) electrons. The molecule has 1 aromatic heterocycles. The van der Waals surface area contributed by atoms with Gasteiger partial charge in [0.15, 0.2) is 0 Å². The Morgan fingerprint density at radius 1 is 1.25 bits per heavy atom. The minimum Gasteiger partial charge on any atom is -0.399 e. The molecule has 106 valence electrons. The number of nitrogens with zero attached hydrogens (tertiary/aromatic N) is 2.